The van der Waals surface area contributed by atoms with Gasteiger partial charge in [-0.1, -0.05) is 95.4 Å². The topological polar surface area (TPSA) is 86.8 Å². The highest BCUT2D eigenvalue weighted by molar-refractivity contribution is 9.10. The molecule has 3 aromatic rings. The number of anilines is 1. The lowest BCUT2D eigenvalue weighted by molar-refractivity contribution is -0.141. The number of aryl methyl sites for hydroxylation is 1. The quantitative estimate of drug-likeness (QED) is 0.229. The maximum atomic E-state index is 14.0. The summed E-state index contributed by atoms with van der Waals surface area (Å²) in [6, 6.07) is 24.3. The summed E-state index contributed by atoms with van der Waals surface area (Å²) in [4.78, 5) is 29.6. The standard InChI is InChI=1S/C34H42BrN3O4S/c1-26-15-21-31(22-16-26)38(43(2,41)42)23-9-14-33(39)37(25-28-17-19-29(35)20-18-28)32(24-27-10-5-3-6-11-27)34(40)36-30-12-7-4-8-13-30/h3,5-6,10-11,15-22,30,32H,4,7-9,12-14,23-25H2,1-2H3,(H,36,40). The molecule has 7 nitrogen and oxygen atoms in total. The molecule has 1 atom stereocenters. The van der Waals surface area contributed by atoms with Gasteiger partial charge < -0.3 is 10.2 Å². The molecule has 0 spiro atoms. The second kappa shape index (κ2) is 15.5. The molecule has 4 rings (SSSR count). The number of sulfonamides is 1. The molecule has 0 aliphatic heterocycles. The van der Waals surface area contributed by atoms with Crippen LogP contribution in [0, 0.1) is 6.92 Å². The third kappa shape index (κ3) is 9.93. The summed E-state index contributed by atoms with van der Waals surface area (Å²) in [5, 5.41) is 3.26. The van der Waals surface area contributed by atoms with Gasteiger partial charge in [0.05, 0.1) is 11.9 Å². The first-order chi connectivity index (χ1) is 20.6. The third-order valence-electron chi connectivity index (χ3n) is 7.96. The zero-order valence-corrected chi connectivity index (χ0v) is 27.4. The first-order valence-electron chi connectivity index (χ1n) is 15.0. The third-order valence-corrected chi connectivity index (χ3v) is 9.69. The molecular formula is C34H42BrN3O4S. The summed E-state index contributed by atoms with van der Waals surface area (Å²) in [5.74, 6) is -0.321. The fourth-order valence-corrected chi connectivity index (χ4v) is 6.83. The summed E-state index contributed by atoms with van der Waals surface area (Å²) in [6.45, 7) is 2.39. The molecule has 0 saturated heterocycles. The number of rotatable bonds is 13. The van der Waals surface area contributed by atoms with Gasteiger partial charge in [-0.15, -0.1) is 0 Å². The van der Waals surface area contributed by atoms with Gasteiger partial charge in [0.15, 0.2) is 0 Å². The Balaban J connectivity index is 1.58. The van der Waals surface area contributed by atoms with Gasteiger partial charge in [0.2, 0.25) is 21.8 Å². The minimum atomic E-state index is -3.55. The van der Waals surface area contributed by atoms with Crippen LogP contribution in [0.2, 0.25) is 0 Å². The fraction of sp³-hybridized carbons (Fsp3) is 0.412. The minimum absolute atomic E-state index is 0.108. The predicted octanol–water partition coefficient (Wildman–Crippen LogP) is 6.39. The highest BCUT2D eigenvalue weighted by Crippen LogP contribution is 2.23. The zero-order valence-electron chi connectivity index (χ0n) is 25.0. The van der Waals surface area contributed by atoms with E-state index >= 15 is 0 Å². The predicted molar refractivity (Wildman–Crippen MR) is 176 cm³/mol. The molecule has 2 amide bonds. The van der Waals surface area contributed by atoms with Crippen LogP contribution in [-0.4, -0.2) is 50.0 Å². The van der Waals surface area contributed by atoms with Crippen LogP contribution in [0.1, 0.15) is 61.6 Å². The van der Waals surface area contributed by atoms with Crippen molar-refractivity contribution in [3.8, 4) is 0 Å². The van der Waals surface area contributed by atoms with Gasteiger partial charge in [-0.25, -0.2) is 8.42 Å². The van der Waals surface area contributed by atoms with E-state index < -0.39 is 16.1 Å². The highest BCUT2D eigenvalue weighted by Gasteiger charge is 2.32. The Hall–Kier alpha value is -3.17. The van der Waals surface area contributed by atoms with Gasteiger partial charge in [0.25, 0.3) is 0 Å². The van der Waals surface area contributed by atoms with E-state index in [1.54, 1.807) is 17.0 Å². The van der Waals surface area contributed by atoms with E-state index in [2.05, 4.69) is 21.2 Å². The Morgan fingerprint density at radius 1 is 0.907 bits per heavy atom. The van der Waals surface area contributed by atoms with Crippen molar-refractivity contribution in [3.05, 3.63) is 100 Å². The fourth-order valence-electron chi connectivity index (χ4n) is 5.60. The molecule has 1 unspecified atom stereocenters. The molecule has 1 aliphatic rings. The Bertz CT molecular complexity index is 1440. The number of nitrogens with one attached hydrogen (secondary N) is 1. The number of halogens is 1. The van der Waals surface area contributed by atoms with Gasteiger partial charge in [-0.3, -0.25) is 13.9 Å². The van der Waals surface area contributed by atoms with E-state index in [1.807, 2.05) is 73.7 Å². The molecule has 9 heteroatoms. The number of carbonyl (C=O) groups is 2. The zero-order chi connectivity index (χ0) is 30.8. The van der Waals surface area contributed by atoms with Crippen molar-refractivity contribution in [1.29, 1.82) is 0 Å². The minimum Gasteiger partial charge on any atom is -0.352 e. The Kier molecular flexibility index (Phi) is 11.8. The normalized spacial score (nSPS) is 14.6. The maximum Gasteiger partial charge on any atom is 0.243 e. The smallest absolute Gasteiger partial charge is 0.243 e. The number of amides is 2. The van der Waals surface area contributed by atoms with Crippen LogP contribution in [-0.2, 0) is 32.6 Å². The maximum absolute atomic E-state index is 14.0. The molecule has 1 saturated carbocycles. The number of carbonyl (C=O) groups excluding carboxylic acids is 2. The first-order valence-corrected chi connectivity index (χ1v) is 17.7. The molecular weight excluding hydrogens is 626 g/mol. The van der Waals surface area contributed by atoms with E-state index in [9.17, 15) is 18.0 Å². The van der Waals surface area contributed by atoms with E-state index in [0.717, 1.165) is 46.8 Å². The molecule has 0 radical (unpaired) electrons. The van der Waals surface area contributed by atoms with Crippen molar-refractivity contribution in [3.63, 3.8) is 0 Å². The molecule has 43 heavy (non-hydrogen) atoms. The summed E-state index contributed by atoms with van der Waals surface area (Å²) in [5.41, 5.74) is 3.49. The summed E-state index contributed by atoms with van der Waals surface area (Å²) < 4.78 is 27.6. The molecule has 0 aromatic heterocycles. The highest BCUT2D eigenvalue weighted by atomic mass is 79.9. The van der Waals surface area contributed by atoms with Crippen molar-refractivity contribution in [2.45, 2.75) is 76.9 Å². The van der Waals surface area contributed by atoms with Crippen LogP contribution in [0.5, 0.6) is 0 Å². The molecule has 1 aliphatic carbocycles. The average molecular weight is 669 g/mol. The van der Waals surface area contributed by atoms with Crippen LogP contribution < -0.4 is 9.62 Å². The number of benzene rings is 3. The Morgan fingerprint density at radius 3 is 2.19 bits per heavy atom. The van der Waals surface area contributed by atoms with Crippen LogP contribution >= 0.6 is 15.9 Å². The number of hydrogen-bond acceptors (Lipinski definition) is 4. The summed E-state index contributed by atoms with van der Waals surface area (Å²) >= 11 is 3.48. The lowest BCUT2D eigenvalue weighted by atomic mass is 9.94. The molecule has 230 valence electrons. The van der Waals surface area contributed by atoms with Crippen molar-refractivity contribution < 1.29 is 18.0 Å². The molecule has 3 aromatic carbocycles. The molecule has 1 N–H and O–H groups in total. The van der Waals surface area contributed by atoms with Gasteiger partial charge in [-0.05, 0) is 61.6 Å². The van der Waals surface area contributed by atoms with E-state index in [1.165, 1.54) is 17.0 Å². The van der Waals surface area contributed by atoms with Crippen molar-refractivity contribution >= 4 is 43.5 Å². The lowest BCUT2D eigenvalue weighted by Crippen LogP contribution is -2.52. The monoisotopic (exact) mass is 667 g/mol. The van der Waals surface area contributed by atoms with Crippen LogP contribution in [0.4, 0.5) is 5.69 Å². The molecule has 1 fully saturated rings. The van der Waals surface area contributed by atoms with Crippen LogP contribution in [0.3, 0.4) is 0 Å². The largest absolute Gasteiger partial charge is 0.352 e. The van der Waals surface area contributed by atoms with Gasteiger partial charge in [-0.2, -0.15) is 0 Å². The van der Waals surface area contributed by atoms with Gasteiger partial charge >= 0.3 is 0 Å². The van der Waals surface area contributed by atoms with Gasteiger partial charge in [0.1, 0.15) is 6.04 Å². The van der Waals surface area contributed by atoms with Crippen molar-refractivity contribution in [2.75, 3.05) is 17.1 Å². The lowest BCUT2D eigenvalue weighted by Gasteiger charge is -2.34. The molecule has 0 heterocycles. The van der Waals surface area contributed by atoms with Crippen molar-refractivity contribution in [1.82, 2.24) is 10.2 Å². The van der Waals surface area contributed by atoms with Crippen LogP contribution in [0.25, 0.3) is 0 Å². The average Bonchev–Trinajstić information content (AvgIpc) is 2.99. The molecule has 0 bridgehead atoms. The second-order valence-corrected chi connectivity index (χ2v) is 14.3. The number of hydrogen-bond donors (Lipinski definition) is 1. The second-order valence-electron chi connectivity index (χ2n) is 11.5. The Labute approximate surface area is 264 Å². The van der Waals surface area contributed by atoms with E-state index in [-0.39, 0.29) is 37.4 Å². The number of nitrogens with zero attached hydrogens (tertiary/aromatic N) is 2. The Morgan fingerprint density at radius 2 is 1.56 bits per heavy atom. The first kappa shape index (κ1) is 32.7. The van der Waals surface area contributed by atoms with Crippen LogP contribution in [0.15, 0.2) is 83.3 Å². The van der Waals surface area contributed by atoms with Crippen molar-refractivity contribution in [2.24, 2.45) is 0 Å². The van der Waals surface area contributed by atoms with E-state index in [4.69, 9.17) is 0 Å². The summed E-state index contributed by atoms with van der Waals surface area (Å²) in [6.07, 6.45) is 7.26. The van der Waals surface area contributed by atoms with E-state index in [0.29, 0.717) is 18.5 Å². The summed E-state index contributed by atoms with van der Waals surface area (Å²) in [7, 11) is -3.55. The van der Waals surface area contributed by atoms with Gasteiger partial charge in [0, 0.05) is 36.4 Å². The SMILES string of the molecule is Cc1ccc(N(CCCC(=O)N(Cc2ccc(Br)cc2)C(Cc2ccccc2)C(=O)NC2CCCCC2)S(C)(=O)=O)cc1.